The first-order valence-corrected chi connectivity index (χ1v) is 12.3. The maximum absolute atomic E-state index is 13.5. The van der Waals surface area contributed by atoms with Crippen LogP contribution in [0.2, 0.25) is 10.0 Å². The van der Waals surface area contributed by atoms with Gasteiger partial charge < -0.3 is 15.5 Å². The van der Waals surface area contributed by atoms with E-state index in [1.807, 2.05) is 37.3 Å². The van der Waals surface area contributed by atoms with Gasteiger partial charge >= 0.3 is 6.03 Å². The van der Waals surface area contributed by atoms with E-state index in [-0.39, 0.29) is 12.4 Å². The number of aromatic nitrogens is 2. The van der Waals surface area contributed by atoms with Crippen molar-refractivity contribution in [3.05, 3.63) is 94.7 Å². The molecule has 1 aromatic heterocycles. The average Bonchev–Trinajstić information content (AvgIpc) is 3.30. The molecule has 0 atom stereocenters. The minimum atomic E-state index is -0.451. The number of halogens is 3. The van der Waals surface area contributed by atoms with Gasteiger partial charge in [0.2, 0.25) is 5.91 Å². The summed E-state index contributed by atoms with van der Waals surface area (Å²) < 4.78 is 15.0. The van der Waals surface area contributed by atoms with Gasteiger partial charge in [-0.2, -0.15) is 5.10 Å². The molecule has 0 spiro atoms. The van der Waals surface area contributed by atoms with Gasteiger partial charge in [0.05, 0.1) is 21.4 Å². The lowest BCUT2D eigenvalue weighted by atomic mass is 10.1. The van der Waals surface area contributed by atoms with Gasteiger partial charge in [0.25, 0.3) is 0 Å². The summed E-state index contributed by atoms with van der Waals surface area (Å²) in [4.78, 5) is 27.4. The van der Waals surface area contributed by atoms with Crippen molar-refractivity contribution in [2.75, 3.05) is 23.7 Å². The van der Waals surface area contributed by atoms with Crippen LogP contribution in [0.1, 0.15) is 13.3 Å². The van der Waals surface area contributed by atoms with Crippen LogP contribution in [-0.2, 0) is 4.79 Å². The molecule has 3 amide bonds. The lowest BCUT2D eigenvalue weighted by Gasteiger charge is -2.22. The number of hydrogen-bond donors (Lipinski definition) is 2. The normalized spacial score (nSPS) is 10.7. The minimum absolute atomic E-state index is 0.198. The Bertz CT molecular complexity index is 1390. The SMILES string of the molecule is CCCN(CC(=O)Nc1cc(-c2ccccc2)nn1-c1ccc(F)cc1)C(=O)Nc1ccc(Cl)c(Cl)c1. The molecule has 7 nitrogen and oxygen atoms in total. The summed E-state index contributed by atoms with van der Waals surface area (Å²) in [6, 6.07) is 21.3. The fourth-order valence-corrected chi connectivity index (χ4v) is 3.95. The summed E-state index contributed by atoms with van der Waals surface area (Å²) in [6.07, 6.45) is 0.647. The first kappa shape index (κ1) is 26.2. The number of benzene rings is 3. The molecule has 2 N–H and O–H groups in total. The highest BCUT2D eigenvalue weighted by Crippen LogP contribution is 2.26. The standard InChI is InChI=1S/C27H24Cl2FN5O2/c1-2-14-34(27(37)31-20-10-13-22(28)23(29)15-20)17-26(36)32-25-16-24(18-6-4-3-5-7-18)33-35(25)21-11-8-19(30)9-12-21/h3-13,15-16H,2,14,17H2,1H3,(H,31,37)(H,32,36). The summed E-state index contributed by atoms with van der Waals surface area (Å²) in [7, 11) is 0. The van der Waals surface area contributed by atoms with Crippen molar-refractivity contribution in [3.63, 3.8) is 0 Å². The van der Waals surface area contributed by atoms with E-state index < -0.39 is 11.9 Å². The van der Waals surface area contributed by atoms with Crippen LogP contribution in [0.5, 0.6) is 0 Å². The Kier molecular flexibility index (Phi) is 8.43. The molecular formula is C27H24Cl2FN5O2. The van der Waals surface area contributed by atoms with E-state index >= 15 is 0 Å². The van der Waals surface area contributed by atoms with Crippen LogP contribution < -0.4 is 10.6 Å². The molecule has 0 saturated carbocycles. The fourth-order valence-electron chi connectivity index (χ4n) is 3.65. The van der Waals surface area contributed by atoms with E-state index in [1.165, 1.54) is 21.7 Å². The number of anilines is 2. The zero-order valence-corrected chi connectivity index (χ0v) is 21.4. The predicted octanol–water partition coefficient (Wildman–Crippen LogP) is 6.87. The molecule has 4 aromatic rings. The number of hydrogen-bond acceptors (Lipinski definition) is 3. The molecule has 0 aliphatic heterocycles. The van der Waals surface area contributed by atoms with Gasteiger partial charge in [0.1, 0.15) is 18.2 Å². The van der Waals surface area contributed by atoms with E-state index in [9.17, 15) is 14.0 Å². The molecule has 0 saturated heterocycles. The highest BCUT2D eigenvalue weighted by atomic mass is 35.5. The molecule has 190 valence electrons. The highest BCUT2D eigenvalue weighted by molar-refractivity contribution is 6.42. The number of nitrogens with zero attached hydrogens (tertiary/aromatic N) is 3. The zero-order valence-electron chi connectivity index (χ0n) is 19.9. The van der Waals surface area contributed by atoms with Crippen molar-refractivity contribution in [3.8, 4) is 16.9 Å². The second-order valence-electron chi connectivity index (χ2n) is 8.20. The lowest BCUT2D eigenvalue weighted by molar-refractivity contribution is -0.116. The summed E-state index contributed by atoms with van der Waals surface area (Å²) >= 11 is 12.0. The van der Waals surface area contributed by atoms with Crippen LogP contribution in [0, 0.1) is 5.82 Å². The summed E-state index contributed by atoms with van der Waals surface area (Å²) in [5, 5.41) is 10.9. The maximum atomic E-state index is 13.5. The summed E-state index contributed by atoms with van der Waals surface area (Å²) in [5.41, 5.74) is 2.51. The van der Waals surface area contributed by atoms with E-state index in [1.54, 1.807) is 36.4 Å². The van der Waals surface area contributed by atoms with Crippen molar-refractivity contribution in [2.24, 2.45) is 0 Å². The maximum Gasteiger partial charge on any atom is 0.322 e. The van der Waals surface area contributed by atoms with E-state index in [4.69, 9.17) is 23.2 Å². The van der Waals surface area contributed by atoms with Crippen molar-refractivity contribution >= 4 is 46.6 Å². The third-order valence-corrected chi connectivity index (χ3v) is 6.14. The molecule has 0 unspecified atom stereocenters. The second-order valence-corrected chi connectivity index (χ2v) is 9.01. The molecule has 10 heteroatoms. The Hall–Kier alpha value is -3.88. The van der Waals surface area contributed by atoms with Crippen LogP contribution in [0.25, 0.3) is 16.9 Å². The van der Waals surface area contributed by atoms with Crippen LogP contribution >= 0.6 is 23.2 Å². The van der Waals surface area contributed by atoms with Crippen molar-refractivity contribution in [1.82, 2.24) is 14.7 Å². The Morgan fingerprint density at radius 1 is 0.946 bits per heavy atom. The van der Waals surface area contributed by atoms with Crippen molar-refractivity contribution in [1.29, 1.82) is 0 Å². The summed E-state index contributed by atoms with van der Waals surface area (Å²) in [5.74, 6) is -0.412. The molecule has 0 aliphatic rings. The molecule has 0 aliphatic carbocycles. The van der Waals surface area contributed by atoms with Gasteiger partial charge in [-0.25, -0.2) is 13.9 Å². The Morgan fingerprint density at radius 3 is 2.35 bits per heavy atom. The number of rotatable bonds is 8. The quantitative estimate of drug-likeness (QED) is 0.256. The Labute approximate surface area is 223 Å². The number of amides is 3. The van der Waals surface area contributed by atoms with Gasteiger partial charge in [-0.3, -0.25) is 4.79 Å². The number of nitrogens with one attached hydrogen (secondary N) is 2. The molecule has 0 bridgehead atoms. The molecule has 3 aromatic carbocycles. The highest BCUT2D eigenvalue weighted by Gasteiger charge is 2.19. The first-order chi connectivity index (χ1) is 17.8. The summed E-state index contributed by atoms with van der Waals surface area (Å²) in [6.45, 7) is 2.07. The van der Waals surface area contributed by atoms with Crippen molar-refractivity contribution < 1.29 is 14.0 Å². The van der Waals surface area contributed by atoms with Crippen LogP contribution in [-0.4, -0.2) is 39.7 Å². The topological polar surface area (TPSA) is 79.3 Å². The molecular weight excluding hydrogens is 516 g/mol. The molecule has 0 radical (unpaired) electrons. The average molecular weight is 540 g/mol. The zero-order chi connectivity index (χ0) is 26.4. The van der Waals surface area contributed by atoms with Gasteiger partial charge in [-0.15, -0.1) is 0 Å². The smallest absolute Gasteiger partial charge is 0.315 e. The lowest BCUT2D eigenvalue weighted by Crippen LogP contribution is -2.41. The van der Waals surface area contributed by atoms with Crippen LogP contribution in [0.3, 0.4) is 0 Å². The number of carbonyl (C=O) groups excluding carboxylic acids is 2. The van der Waals surface area contributed by atoms with Gasteiger partial charge in [0.15, 0.2) is 0 Å². The number of carbonyl (C=O) groups is 2. The van der Waals surface area contributed by atoms with Gasteiger partial charge in [-0.05, 0) is 48.9 Å². The monoisotopic (exact) mass is 539 g/mol. The third kappa shape index (κ3) is 6.67. The fraction of sp³-hybridized carbons (Fsp3) is 0.148. The predicted molar refractivity (Wildman–Crippen MR) is 145 cm³/mol. The molecule has 1 heterocycles. The van der Waals surface area contributed by atoms with Crippen LogP contribution in [0.15, 0.2) is 78.9 Å². The van der Waals surface area contributed by atoms with E-state index in [0.717, 1.165) is 5.56 Å². The third-order valence-electron chi connectivity index (χ3n) is 5.40. The van der Waals surface area contributed by atoms with Gasteiger partial charge in [0, 0.05) is 23.9 Å². The molecule has 37 heavy (non-hydrogen) atoms. The van der Waals surface area contributed by atoms with Crippen molar-refractivity contribution in [2.45, 2.75) is 13.3 Å². The first-order valence-electron chi connectivity index (χ1n) is 11.6. The van der Waals surface area contributed by atoms with E-state index in [0.29, 0.717) is 45.9 Å². The second kappa shape index (κ2) is 11.9. The minimum Gasteiger partial charge on any atom is -0.315 e. The molecule has 4 rings (SSSR count). The number of urea groups is 1. The van der Waals surface area contributed by atoms with Crippen LogP contribution in [0.4, 0.5) is 20.7 Å². The largest absolute Gasteiger partial charge is 0.322 e. The Morgan fingerprint density at radius 2 is 1.68 bits per heavy atom. The molecule has 0 fully saturated rings. The Balaban J connectivity index is 1.54. The van der Waals surface area contributed by atoms with Gasteiger partial charge in [-0.1, -0.05) is 60.5 Å². The van der Waals surface area contributed by atoms with E-state index in [2.05, 4.69) is 15.7 Å².